The molecule has 0 atom stereocenters. The maximum Gasteiger partial charge on any atom is 0.248 e. The van der Waals surface area contributed by atoms with E-state index in [0.717, 1.165) is 30.6 Å². The monoisotopic (exact) mass is 226 g/mol. The Kier molecular flexibility index (Phi) is 2.53. The first-order valence-corrected chi connectivity index (χ1v) is 5.84. The lowest BCUT2D eigenvalue weighted by Gasteiger charge is -2.17. The van der Waals surface area contributed by atoms with Crippen LogP contribution in [0.4, 0.5) is 0 Å². The van der Waals surface area contributed by atoms with Gasteiger partial charge in [-0.1, -0.05) is 12.1 Å². The minimum absolute atomic E-state index is 0.0571. The smallest absolute Gasteiger partial charge is 0.248 e. The summed E-state index contributed by atoms with van der Waals surface area (Å²) in [6.45, 7) is 1.98. The van der Waals surface area contributed by atoms with Crippen molar-refractivity contribution in [2.45, 2.75) is 13.0 Å². The maximum atomic E-state index is 11.3. The topological polar surface area (TPSA) is 44.9 Å². The van der Waals surface area contributed by atoms with Gasteiger partial charge in [0, 0.05) is 18.8 Å². The van der Waals surface area contributed by atoms with Crippen molar-refractivity contribution >= 4 is 0 Å². The van der Waals surface area contributed by atoms with E-state index >= 15 is 0 Å². The van der Waals surface area contributed by atoms with Crippen LogP contribution in [0.25, 0.3) is 11.1 Å². The Morgan fingerprint density at radius 3 is 2.76 bits per heavy atom. The van der Waals surface area contributed by atoms with E-state index in [1.54, 1.807) is 12.3 Å². The molecule has 0 bridgehead atoms. The number of benzene rings is 1. The molecule has 2 N–H and O–H groups in total. The van der Waals surface area contributed by atoms with Crippen LogP contribution in [0.2, 0.25) is 0 Å². The van der Waals surface area contributed by atoms with Crippen molar-refractivity contribution in [3.63, 3.8) is 0 Å². The number of pyridine rings is 1. The summed E-state index contributed by atoms with van der Waals surface area (Å²) < 4.78 is 0. The van der Waals surface area contributed by atoms with Crippen LogP contribution in [-0.2, 0) is 13.0 Å². The van der Waals surface area contributed by atoms with Gasteiger partial charge in [0.05, 0.1) is 0 Å². The summed E-state index contributed by atoms with van der Waals surface area (Å²) in [4.78, 5) is 13.9. The average Bonchev–Trinajstić information content (AvgIpc) is 2.38. The molecule has 1 aromatic heterocycles. The SMILES string of the molecule is O=c1cc(-c2ccc3c(c2)CNCC3)cc[nH]1. The quantitative estimate of drug-likeness (QED) is 0.777. The molecule has 0 saturated carbocycles. The van der Waals surface area contributed by atoms with E-state index in [1.807, 2.05) is 6.07 Å². The molecule has 3 heteroatoms. The van der Waals surface area contributed by atoms with Crippen molar-refractivity contribution in [3.8, 4) is 11.1 Å². The van der Waals surface area contributed by atoms with Crippen LogP contribution in [0.5, 0.6) is 0 Å². The number of aromatic amines is 1. The third-order valence-corrected chi connectivity index (χ3v) is 3.20. The molecular weight excluding hydrogens is 212 g/mol. The van der Waals surface area contributed by atoms with Gasteiger partial charge in [0.15, 0.2) is 0 Å². The van der Waals surface area contributed by atoms with Crippen LogP contribution < -0.4 is 10.9 Å². The van der Waals surface area contributed by atoms with E-state index in [1.165, 1.54) is 11.1 Å². The zero-order chi connectivity index (χ0) is 11.7. The first-order chi connectivity index (χ1) is 8.33. The molecule has 0 aliphatic carbocycles. The third kappa shape index (κ3) is 2.01. The highest BCUT2D eigenvalue weighted by molar-refractivity contribution is 5.64. The fourth-order valence-electron chi connectivity index (χ4n) is 2.28. The summed E-state index contributed by atoms with van der Waals surface area (Å²) >= 11 is 0. The van der Waals surface area contributed by atoms with Gasteiger partial charge < -0.3 is 10.3 Å². The van der Waals surface area contributed by atoms with Crippen LogP contribution in [0.15, 0.2) is 41.3 Å². The van der Waals surface area contributed by atoms with Crippen molar-refractivity contribution in [2.24, 2.45) is 0 Å². The van der Waals surface area contributed by atoms with Crippen LogP contribution in [0.1, 0.15) is 11.1 Å². The Morgan fingerprint density at radius 2 is 1.88 bits per heavy atom. The van der Waals surface area contributed by atoms with Crippen LogP contribution in [0, 0.1) is 0 Å². The zero-order valence-electron chi connectivity index (χ0n) is 9.49. The highest BCUT2D eigenvalue weighted by Crippen LogP contribution is 2.23. The van der Waals surface area contributed by atoms with E-state index in [2.05, 4.69) is 28.5 Å². The average molecular weight is 226 g/mol. The molecule has 86 valence electrons. The summed E-state index contributed by atoms with van der Waals surface area (Å²) in [6, 6.07) is 10.0. The Hall–Kier alpha value is -1.87. The lowest BCUT2D eigenvalue weighted by atomic mass is 9.96. The van der Waals surface area contributed by atoms with Crippen molar-refractivity contribution in [1.29, 1.82) is 0 Å². The highest BCUT2D eigenvalue weighted by Gasteiger charge is 2.09. The highest BCUT2D eigenvalue weighted by atomic mass is 16.1. The fourth-order valence-corrected chi connectivity index (χ4v) is 2.28. The van der Waals surface area contributed by atoms with Gasteiger partial charge in [-0.2, -0.15) is 0 Å². The predicted octanol–water partition coefficient (Wildman–Crippen LogP) is 1.69. The van der Waals surface area contributed by atoms with Crippen LogP contribution in [0.3, 0.4) is 0 Å². The predicted molar refractivity (Wildman–Crippen MR) is 67.9 cm³/mol. The summed E-state index contributed by atoms with van der Waals surface area (Å²) in [5, 5.41) is 3.36. The zero-order valence-corrected chi connectivity index (χ0v) is 9.49. The summed E-state index contributed by atoms with van der Waals surface area (Å²) in [5.41, 5.74) is 4.78. The number of nitrogens with one attached hydrogen (secondary N) is 2. The minimum Gasteiger partial charge on any atom is -0.329 e. The summed E-state index contributed by atoms with van der Waals surface area (Å²) in [6.07, 6.45) is 2.78. The van der Waals surface area contributed by atoms with E-state index in [4.69, 9.17) is 0 Å². The van der Waals surface area contributed by atoms with Gasteiger partial charge in [0.2, 0.25) is 5.56 Å². The minimum atomic E-state index is -0.0571. The Bertz CT molecular complexity index is 601. The molecule has 0 amide bonds. The fraction of sp³-hybridized carbons (Fsp3) is 0.214. The molecular formula is C14H14N2O. The van der Waals surface area contributed by atoms with Crippen LogP contribution in [-0.4, -0.2) is 11.5 Å². The van der Waals surface area contributed by atoms with E-state index < -0.39 is 0 Å². The standard InChI is InChI=1S/C14H14N2O/c17-14-8-12(4-6-16-14)11-2-1-10-3-5-15-9-13(10)7-11/h1-2,4,6-8,15H,3,5,9H2,(H,16,17). The van der Waals surface area contributed by atoms with Gasteiger partial charge in [-0.05, 0) is 47.4 Å². The van der Waals surface area contributed by atoms with Gasteiger partial charge in [0.1, 0.15) is 0 Å². The first kappa shape index (κ1) is 10.3. The number of rotatable bonds is 1. The van der Waals surface area contributed by atoms with Crippen molar-refractivity contribution in [2.75, 3.05) is 6.54 Å². The molecule has 2 heterocycles. The second-order valence-corrected chi connectivity index (χ2v) is 4.35. The Labute approximate surface area is 99.5 Å². The molecule has 0 saturated heterocycles. The molecule has 0 unspecified atom stereocenters. The summed E-state index contributed by atoms with van der Waals surface area (Å²) in [5.74, 6) is 0. The molecule has 0 fully saturated rings. The molecule has 0 radical (unpaired) electrons. The maximum absolute atomic E-state index is 11.3. The summed E-state index contributed by atoms with van der Waals surface area (Å²) in [7, 11) is 0. The van der Waals surface area contributed by atoms with E-state index in [9.17, 15) is 4.79 Å². The number of hydrogen-bond acceptors (Lipinski definition) is 2. The van der Waals surface area contributed by atoms with Gasteiger partial charge in [-0.3, -0.25) is 4.79 Å². The number of aromatic nitrogens is 1. The number of fused-ring (bicyclic) bond motifs is 1. The van der Waals surface area contributed by atoms with Crippen molar-refractivity contribution < 1.29 is 0 Å². The molecule has 17 heavy (non-hydrogen) atoms. The normalized spacial score (nSPS) is 14.4. The molecule has 2 aromatic rings. The van der Waals surface area contributed by atoms with E-state index in [0.29, 0.717) is 0 Å². The largest absolute Gasteiger partial charge is 0.329 e. The van der Waals surface area contributed by atoms with E-state index in [-0.39, 0.29) is 5.56 Å². The van der Waals surface area contributed by atoms with Crippen LogP contribution >= 0.6 is 0 Å². The lowest BCUT2D eigenvalue weighted by molar-refractivity contribution is 0.644. The lowest BCUT2D eigenvalue weighted by Crippen LogP contribution is -2.23. The molecule has 1 aliphatic heterocycles. The van der Waals surface area contributed by atoms with Crippen molar-refractivity contribution in [3.05, 3.63) is 58.0 Å². The Morgan fingerprint density at radius 1 is 1.00 bits per heavy atom. The molecule has 3 nitrogen and oxygen atoms in total. The van der Waals surface area contributed by atoms with Gasteiger partial charge in [-0.15, -0.1) is 0 Å². The molecule has 3 rings (SSSR count). The molecule has 1 aromatic carbocycles. The third-order valence-electron chi connectivity index (χ3n) is 3.20. The second kappa shape index (κ2) is 4.18. The molecule has 1 aliphatic rings. The Balaban J connectivity index is 2.07. The number of hydrogen-bond donors (Lipinski definition) is 2. The second-order valence-electron chi connectivity index (χ2n) is 4.35. The van der Waals surface area contributed by atoms with Gasteiger partial charge >= 0.3 is 0 Å². The van der Waals surface area contributed by atoms with Crippen molar-refractivity contribution in [1.82, 2.24) is 10.3 Å². The van der Waals surface area contributed by atoms with Gasteiger partial charge in [-0.25, -0.2) is 0 Å². The first-order valence-electron chi connectivity index (χ1n) is 5.84. The molecule has 0 spiro atoms. The van der Waals surface area contributed by atoms with Gasteiger partial charge in [0.25, 0.3) is 0 Å². The number of H-pyrrole nitrogens is 1.